The van der Waals surface area contributed by atoms with E-state index in [1.54, 1.807) is 0 Å². The second-order valence-electron chi connectivity index (χ2n) is 6.02. The van der Waals surface area contributed by atoms with Crippen molar-refractivity contribution in [2.75, 3.05) is 13.6 Å². The Kier molecular flexibility index (Phi) is 5.04. The van der Waals surface area contributed by atoms with Crippen molar-refractivity contribution in [2.45, 2.75) is 45.3 Å². The molecule has 19 heavy (non-hydrogen) atoms. The molecule has 1 fully saturated rings. The zero-order valence-electron chi connectivity index (χ0n) is 12.4. The van der Waals surface area contributed by atoms with Gasteiger partial charge in [0.2, 0.25) is 0 Å². The van der Waals surface area contributed by atoms with Gasteiger partial charge in [-0.15, -0.1) is 0 Å². The van der Waals surface area contributed by atoms with Crippen LogP contribution in [-0.2, 0) is 0 Å². The zero-order valence-corrected chi connectivity index (χ0v) is 13.9. The van der Waals surface area contributed by atoms with Gasteiger partial charge in [-0.25, -0.2) is 0 Å². The maximum absolute atomic E-state index is 3.82. The van der Waals surface area contributed by atoms with E-state index in [1.165, 1.54) is 23.0 Å². The molecule has 0 radical (unpaired) electrons. The van der Waals surface area contributed by atoms with Gasteiger partial charge in [0.05, 0.1) is 0 Å². The van der Waals surface area contributed by atoms with Crippen LogP contribution in [0.3, 0.4) is 0 Å². The second kappa shape index (κ2) is 6.38. The predicted molar refractivity (Wildman–Crippen MR) is 85.4 cm³/mol. The summed E-state index contributed by atoms with van der Waals surface area (Å²) in [5.74, 6) is 0.700. The highest BCUT2D eigenvalue weighted by Gasteiger charge is 2.29. The van der Waals surface area contributed by atoms with Crippen LogP contribution in [0.1, 0.15) is 38.8 Å². The molecule has 0 spiro atoms. The average molecular weight is 325 g/mol. The first-order valence-electron chi connectivity index (χ1n) is 7.19. The molecule has 0 amide bonds. The lowest BCUT2D eigenvalue weighted by Crippen LogP contribution is -2.51. The van der Waals surface area contributed by atoms with E-state index in [0.717, 1.165) is 0 Å². The van der Waals surface area contributed by atoms with Crippen LogP contribution >= 0.6 is 15.9 Å². The van der Waals surface area contributed by atoms with Crippen molar-refractivity contribution >= 4 is 15.9 Å². The van der Waals surface area contributed by atoms with Crippen LogP contribution < -0.4 is 5.32 Å². The summed E-state index contributed by atoms with van der Waals surface area (Å²) in [7, 11) is 2.23. The molecule has 1 heterocycles. The number of benzene rings is 1. The molecule has 1 saturated heterocycles. The minimum atomic E-state index is 0.388. The Morgan fingerprint density at radius 3 is 2.68 bits per heavy atom. The lowest BCUT2D eigenvalue weighted by atomic mass is 9.89. The smallest absolute Gasteiger partial charge is 0.0305 e. The molecular formula is C16H25BrN2. The van der Waals surface area contributed by atoms with Crippen molar-refractivity contribution in [1.82, 2.24) is 10.2 Å². The first kappa shape index (κ1) is 15.0. The fourth-order valence-corrected chi connectivity index (χ4v) is 3.64. The third kappa shape index (κ3) is 3.59. The van der Waals surface area contributed by atoms with Crippen molar-refractivity contribution in [3.8, 4) is 0 Å². The molecule has 0 saturated carbocycles. The summed E-state index contributed by atoms with van der Waals surface area (Å²) < 4.78 is 1.20. The highest BCUT2D eigenvalue weighted by Crippen LogP contribution is 2.27. The van der Waals surface area contributed by atoms with E-state index < -0.39 is 0 Å². The van der Waals surface area contributed by atoms with Gasteiger partial charge in [0, 0.05) is 29.1 Å². The van der Waals surface area contributed by atoms with Crippen LogP contribution in [0.5, 0.6) is 0 Å². The van der Waals surface area contributed by atoms with Gasteiger partial charge in [0.15, 0.2) is 0 Å². The highest BCUT2D eigenvalue weighted by atomic mass is 79.9. The van der Waals surface area contributed by atoms with E-state index in [-0.39, 0.29) is 0 Å². The molecule has 3 heteroatoms. The maximum atomic E-state index is 3.82. The van der Waals surface area contributed by atoms with Crippen molar-refractivity contribution in [3.05, 3.63) is 34.3 Å². The van der Waals surface area contributed by atoms with Crippen molar-refractivity contribution in [3.63, 3.8) is 0 Å². The Labute approximate surface area is 125 Å². The lowest BCUT2D eigenvalue weighted by Gasteiger charge is -2.41. The van der Waals surface area contributed by atoms with Gasteiger partial charge in [-0.3, -0.25) is 0 Å². The highest BCUT2D eigenvalue weighted by molar-refractivity contribution is 9.10. The summed E-state index contributed by atoms with van der Waals surface area (Å²) in [4.78, 5) is 2.46. The lowest BCUT2D eigenvalue weighted by molar-refractivity contribution is 0.116. The third-order valence-electron chi connectivity index (χ3n) is 4.45. The summed E-state index contributed by atoms with van der Waals surface area (Å²) in [5.41, 5.74) is 1.35. The molecule has 0 aliphatic carbocycles. The number of rotatable bonds is 3. The molecule has 1 aromatic carbocycles. The predicted octanol–water partition coefficient (Wildman–Crippen LogP) is 3.83. The zero-order chi connectivity index (χ0) is 14.0. The fraction of sp³-hybridized carbons (Fsp3) is 0.625. The first-order valence-corrected chi connectivity index (χ1v) is 7.99. The van der Waals surface area contributed by atoms with E-state index in [0.29, 0.717) is 24.0 Å². The Balaban J connectivity index is 2.03. The molecule has 1 N–H and O–H groups in total. The molecule has 3 unspecified atom stereocenters. The van der Waals surface area contributed by atoms with Crippen LogP contribution in [0, 0.1) is 5.92 Å². The van der Waals surface area contributed by atoms with Crippen LogP contribution in [0.2, 0.25) is 0 Å². The number of hydrogen-bond acceptors (Lipinski definition) is 2. The first-order chi connectivity index (χ1) is 8.99. The minimum absolute atomic E-state index is 0.388. The maximum Gasteiger partial charge on any atom is 0.0305 e. The third-order valence-corrected chi connectivity index (χ3v) is 5.17. The molecule has 1 aliphatic rings. The summed E-state index contributed by atoms with van der Waals surface area (Å²) in [5, 5.41) is 3.82. The molecule has 4 atom stereocenters. The monoisotopic (exact) mass is 324 g/mol. The number of nitrogens with zero attached hydrogens (tertiary/aromatic N) is 1. The van der Waals surface area contributed by atoms with Crippen LogP contribution in [0.15, 0.2) is 28.7 Å². The SMILES string of the molecule is CC1CN(C)C(C)CC1N[C@H](C)c1ccccc1Br. The van der Waals surface area contributed by atoms with E-state index in [9.17, 15) is 0 Å². The van der Waals surface area contributed by atoms with Gasteiger partial charge in [-0.1, -0.05) is 41.1 Å². The normalized spacial score (nSPS) is 30.3. The van der Waals surface area contributed by atoms with Gasteiger partial charge in [0.1, 0.15) is 0 Å². The minimum Gasteiger partial charge on any atom is -0.307 e. The van der Waals surface area contributed by atoms with Gasteiger partial charge < -0.3 is 10.2 Å². The Morgan fingerprint density at radius 1 is 1.32 bits per heavy atom. The van der Waals surface area contributed by atoms with Gasteiger partial charge in [-0.2, -0.15) is 0 Å². The van der Waals surface area contributed by atoms with Gasteiger partial charge >= 0.3 is 0 Å². The summed E-state index contributed by atoms with van der Waals surface area (Å²) in [6.45, 7) is 8.12. The molecule has 0 aromatic heterocycles. The molecule has 1 aliphatic heterocycles. The van der Waals surface area contributed by atoms with Crippen LogP contribution in [0.25, 0.3) is 0 Å². The van der Waals surface area contributed by atoms with E-state index in [2.05, 4.69) is 78.2 Å². The van der Waals surface area contributed by atoms with E-state index in [4.69, 9.17) is 0 Å². The molecule has 2 nitrogen and oxygen atoms in total. The van der Waals surface area contributed by atoms with Crippen LogP contribution in [-0.4, -0.2) is 30.6 Å². The Morgan fingerprint density at radius 2 is 2.00 bits per heavy atom. The number of piperidine rings is 1. The fourth-order valence-electron chi connectivity index (χ4n) is 3.01. The summed E-state index contributed by atoms with van der Waals surface area (Å²) >= 11 is 3.65. The summed E-state index contributed by atoms with van der Waals surface area (Å²) in [6, 6.07) is 10.2. The van der Waals surface area contributed by atoms with Crippen molar-refractivity contribution in [1.29, 1.82) is 0 Å². The molecule has 2 rings (SSSR count). The number of likely N-dealkylation sites (tertiary alicyclic amines) is 1. The van der Waals surface area contributed by atoms with Crippen molar-refractivity contribution in [2.24, 2.45) is 5.92 Å². The number of nitrogens with one attached hydrogen (secondary N) is 1. The van der Waals surface area contributed by atoms with E-state index >= 15 is 0 Å². The molecule has 1 aromatic rings. The number of hydrogen-bond donors (Lipinski definition) is 1. The molecule has 106 valence electrons. The Bertz CT molecular complexity index is 421. The quantitative estimate of drug-likeness (QED) is 0.909. The Hall–Kier alpha value is -0.380. The van der Waals surface area contributed by atoms with Gasteiger partial charge in [0.25, 0.3) is 0 Å². The molecule has 0 bridgehead atoms. The average Bonchev–Trinajstić information content (AvgIpc) is 2.36. The van der Waals surface area contributed by atoms with Gasteiger partial charge in [-0.05, 0) is 44.9 Å². The van der Waals surface area contributed by atoms with Crippen molar-refractivity contribution < 1.29 is 0 Å². The molecular weight excluding hydrogens is 300 g/mol. The van der Waals surface area contributed by atoms with E-state index in [1.807, 2.05) is 0 Å². The second-order valence-corrected chi connectivity index (χ2v) is 6.87. The topological polar surface area (TPSA) is 15.3 Å². The number of halogens is 1. The largest absolute Gasteiger partial charge is 0.307 e. The van der Waals surface area contributed by atoms with Crippen LogP contribution in [0.4, 0.5) is 0 Å². The standard InChI is InChI=1S/C16H25BrN2/c1-11-10-19(4)12(2)9-16(11)18-13(3)14-7-5-6-8-15(14)17/h5-8,11-13,16,18H,9-10H2,1-4H3/t11?,12?,13-,16?/m1/s1. The summed E-state index contributed by atoms with van der Waals surface area (Å²) in [6.07, 6.45) is 1.23.